The summed E-state index contributed by atoms with van der Waals surface area (Å²) < 4.78 is 5.69. The van der Waals surface area contributed by atoms with Gasteiger partial charge in [-0.25, -0.2) is 0 Å². The minimum Gasteiger partial charge on any atom is -0.481 e. The van der Waals surface area contributed by atoms with Gasteiger partial charge in [-0.05, 0) is 25.2 Å². The van der Waals surface area contributed by atoms with Gasteiger partial charge in [0, 0.05) is 38.8 Å². The number of carboxylic acid groups (broad SMARTS) is 1. The van der Waals surface area contributed by atoms with Gasteiger partial charge in [-0.2, -0.15) is 0 Å². The quantitative estimate of drug-likeness (QED) is 0.822. The summed E-state index contributed by atoms with van der Waals surface area (Å²) in [6.07, 6.45) is 0.821. The van der Waals surface area contributed by atoms with Gasteiger partial charge >= 0.3 is 5.97 Å². The van der Waals surface area contributed by atoms with Gasteiger partial charge in [0.2, 0.25) is 0 Å². The van der Waals surface area contributed by atoms with Crippen LogP contribution in [0.25, 0.3) is 0 Å². The first-order valence-electron chi connectivity index (χ1n) is 8.26. The van der Waals surface area contributed by atoms with Crippen molar-refractivity contribution >= 4 is 11.9 Å². The van der Waals surface area contributed by atoms with E-state index >= 15 is 0 Å². The number of piperazine rings is 1. The molecule has 22 heavy (non-hydrogen) atoms. The zero-order valence-electron chi connectivity index (χ0n) is 13.8. The molecule has 2 aliphatic rings. The summed E-state index contributed by atoms with van der Waals surface area (Å²) in [6, 6.07) is 0.0147. The van der Waals surface area contributed by atoms with Crippen LogP contribution in [0, 0.1) is 11.8 Å². The highest BCUT2D eigenvalue weighted by atomic mass is 16.5. The summed E-state index contributed by atoms with van der Waals surface area (Å²) in [7, 11) is 0. The Bertz CT molecular complexity index is 405. The molecule has 6 heteroatoms. The van der Waals surface area contributed by atoms with E-state index in [0.29, 0.717) is 31.5 Å². The molecule has 0 bridgehead atoms. The van der Waals surface area contributed by atoms with Crippen LogP contribution in [0.5, 0.6) is 0 Å². The molecule has 2 fully saturated rings. The molecule has 0 spiro atoms. The van der Waals surface area contributed by atoms with Crippen molar-refractivity contribution < 1.29 is 19.4 Å². The number of rotatable bonds is 5. The normalized spacial score (nSPS) is 28.1. The largest absolute Gasteiger partial charge is 0.481 e. The molecule has 0 aromatic carbocycles. The second-order valence-corrected chi connectivity index (χ2v) is 6.80. The van der Waals surface area contributed by atoms with Gasteiger partial charge in [0.05, 0.1) is 6.42 Å². The third kappa shape index (κ3) is 3.98. The third-order valence-electron chi connectivity index (χ3n) is 4.96. The molecule has 2 heterocycles. The van der Waals surface area contributed by atoms with Crippen molar-refractivity contribution in [1.82, 2.24) is 9.80 Å². The number of carbonyl (C=O) groups is 2. The van der Waals surface area contributed by atoms with E-state index in [1.165, 1.54) is 0 Å². The Labute approximate surface area is 132 Å². The van der Waals surface area contributed by atoms with Crippen LogP contribution in [0.4, 0.5) is 0 Å². The molecule has 1 unspecified atom stereocenters. The third-order valence-corrected chi connectivity index (χ3v) is 4.96. The van der Waals surface area contributed by atoms with Crippen LogP contribution in [-0.4, -0.2) is 71.7 Å². The van der Waals surface area contributed by atoms with Crippen molar-refractivity contribution in [3.63, 3.8) is 0 Å². The fraction of sp³-hybridized carbons (Fsp3) is 0.875. The average molecular weight is 312 g/mol. The number of ether oxygens (including phenoxy) is 1. The fourth-order valence-corrected chi connectivity index (χ4v) is 3.49. The Hall–Kier alpha value is -1.14. The summed E-state index contributed by atoms with van der Waals surface area (Å²) in [4.78, 5) is 27.5. The van der Waals surface area contributed by atoms with E-state index < -0.39 is 5.97 Å². The maximum atomic E-state index is 12.7. The fourth-order valence-electron chi connectivity index (χ4n) is 3.49. The van der Waals surface area contributed by atoms with E-state index in [-0.39, 0.29) is 24.5 Å². The highest BCUT2D eigenvalue weighted by Gasteiger charge is 2.39. The lowest BCUT2D eigenvalue weighted by Gasteiger charge is -2.39. The molecule has 0 aromatic rings. The van der Waals surface area contributed by atoms with Crippen molar-refractivity contribution in [3.8, 4) is 0 Å². The van der Waals surface area contributed by atoms with E-state index in [4.69, 9.17) is 9.84 Å². The van der Waals surface area contributed by atoms with Gasteiger partial charge < -0.3 is 14.7 Å². The number of amides is 1. The van der Waals surface area contributed by atoms with E-state index in [0.717, 1.165) is 19.5 Å². The molecular formula is C16H28N2O4. The lowest BCUT2D eigenvalue weighted by Crippen LogP contribution is -2.54. The summed E-state index contributed by atoms with van der Waals surface area (Å²) in [5.74, 6) is 0.108. The maximum Gasteiger partial charge on any atom is 0.304 e. The molecule has 2 aliphatic heterocycles. The predicted molar refractivity (Wildman–Crippen MR) is 82.6 cm³/mol. The van der Waals surface area contributed by atoms with Crippen LogP contribution in [0.2, 0.25) is 0 Å². The maximum absolute atomic E-state index is 12.7. The van der Waals surface area contributed by atoms with Gasteiger partial charge in [-0.3, -0.25) is 14.5 Å². The van der Waals surface area contributed by atoms with Gasteiger partial charge in [0.25, 0.3) is 5.91 Å². The molecule has 1 N–H and O–H groups in total. The molecule has 6 nitrogen and oxygen atoms in total. The molecule has 0 saturated carbocycles. The lowest BCUT2D eigenvalue weighted by molar-refractivity contribution is -0.146. The van der Waals surface area contributed by atoms with Gasteiger partial charge in [-0.15, -0.1) is 0 Å². The second kappa shape index (κ2) is 7.42. The molecular weight excluding hydrogens is 284 g/mol. The zero-order chi connectivity index (χ0) is 16.3. The van der Waals surface area contributed by atoms with E-state index in [9.17, 15) is 9.59 Å². The molecule has 1 amide bonds. The minimum absolute atomic E-state index is 0.0147. The van der Waals surface area contributed by atoms with Crippen molar-refractivity contribution in [2.24, 2.45) is 11.8 Å². The molecule has 126 valence electrons. The van der Waals surface area contributed by atoms with E-state index in [2.05, 4.69) is 18.7 Å². The SMILES string of the molecule is CC(C)[C@@H]1CCO[C@@H]1C(=O)N1CCN(C(C)CC(=O)O)CC1. The monoisotopic (exact) mass is 312 g/mol. The number of carbonyl (C=O) groups excluding carboxylic acids is 1. The lowest BCUT2D eigenvalue weighted by atomic mass is 9.89. The van der Waals surface area contributed by atoms with E-state index in [1.54, 1.807) is 0 Å². The van der Waals surface area contributed by atoms with Crippen molar-refractivity contribution in [2.75, 3.05) is 32.8 Å². The Morgan fingerprint density at radius 3 is 2.36 bits per heavy atom. The minimum atomic E-state index is -0.773. The van der Waals surface area contributed by atoms with Crippen molar-refractivity contribution in [3.05, 3.63) is 0 Å². The summed E-state index contributed by atoms with van der Waals surface area (Å²) in [5.41, 5.74) is 0. The Morgan fingerprint density at radius 2 is 1.82 bits per heavy atom. The molecule has 0 aliphatic carbocycles. The topological polar surface area (TPSA) is 70.1 Å². The number of hydrogen-bond donors (Lipinski definition) is 1. The average Bonchev–Trinajstić information content (AvgIpc) is 2.95. The van der Waals surface area contributed by atoms with Gasteiger partial charge in [0.15, 0.2) is 0 Å². The van der Waals surface area contributed by atoms with Crippen LogP contribution in [0.1, 0.15) is 33.6 Å². The molecule has 3 atom stereocenters. The van der Waals surface area contributed by atoms with Crippen LogP contribution in [0.3, 0.4) is 0 Å². The highest BCUT2D eigenvalue weighted by molar-refractivity contribution is 5.81. The Morgan fingerprint density at radius 1 is 1.18 bits per heavy atom. The smallest absolute Gasteiger partial charge is 0.304 e. The zero-order valence-corrected chi connectivity index (χ0v) is 13.8. The summed E-state index contributed by atoms with van der Waals surface area (Å²) in [6.45, 7) is 9.69. The first-order valence-corrected chi connectivity index (χ1v) is 8.26. The summed E-state index contributed by atoms with van der Waals surface area (Å²) in [5, 5.41) is 8.87. The molecule has 2 saturated heterocycles. The van der Waals surface area contributed by atoms with Gasteiger partial charge in [-0.1, -0.05) is 13.8 Å². The van der Waals surface area contributed by atoms with Gasteiger partial charge in [0.1, 0.15) is 6.10 Å². The van der Waals surface area contributed by atoms with Crippen LogP contribution >= 0.6 is 0 Å². The van der Waals surface area contributed by atoms with Crippen LogP contribution in [0.15, 0.2) is 0 Å². The highest BCUT2D eigenvalue weighted by Crippen LogP contribution is 2.29. The summed E-state index contributed by atoms with van der Waals surface area (Å²) >= 11 is 0. The molecule has 0 aromatic heterocycles. The van der Waals surface area contributed by atoms with Crippen molar-refractivity contribution in [1.29, 1.82) is 0 Å². The second-order valence-electron chi connectivity index (χ2n) is 6.80. The standard InChI is InChI=1S/C16H28N2O4/c1-11(2)13-4-9-22-15(13)16(21)18-7-5-17(6-8-18)12(3)10-14(19)20/h11-13,15H,4-10H2,1-3H3,(H,19,20)/t12?,13-,15-/m0/s1. The first kappa shape index (κ1) is 17.2. The first-order chi connectivity index (χ1) is 10.4. The molecule has 2 rings (SSSR count). The number of aliphatic carboxylic acids is 1. The number of nitrogens with zero attached hydrogens (tertiary/aromatic N) is 2. The number of hydrogen-bond acceptors (Lipinski definition) is 4. The predicted octanol–water partition coefficient (Wildman–Crippen LogP) is 1.05. The van der Waals surface area contributed by atoms with E-state index in [1.807, 2.05) is 11.8 Å². The van der Waals surface area contributed by atoms with Crippen LogP contribution < -0.4 is 0 Å². The Balaban J connectivity index is 1.86. The Kier molecular flexibility index (Phi) is 5.81. The van der Waals surface area contributed by atoms with Crippen molar-refractivity contribution in [2.45, 2.75) is 45.8 Å². The number of carboxylic acids is 1. The van der Waals surface area contributed by atoms with Crippen LogP contribution in [-0.2, 0) is 14.3 Å². The molecule has 0 radical (unpaired) electrons.